The molecule has 2 atom stereocenters. The Balaban J connectivity index is 1.19. The van der Waals surface area contributed by atoms with Gasteiger partial charge in [-0.25, -0.2) is 9.48 Å². The first kappa shape index (κ1) is 34.3. The predicted molar refractivity (Wildman–Crippen MR) is 188 cm³/mol. The molecule has 5 N–H and O–H groups in total. The van der Waals surface area contributed by atoms with Crippen LogP contribution in [0, 0.1) is 22.1 Å². The number of urea groups is 1. The van der Waals surface area contributed by atoms with Crippen LogP contribution in [0.5, 0.6) is 11.5 Å². The van der Waals surface area contributed by atoms with Gasteiger partial charge in [0.15, 0.2) is 0 Å². The number of hydrogen-bond donors (Lipinski definition) is 5. The van der Waals surface area contributed by atoms with Crippen molar-refractivity contribution >= 4 is 17.8 Å². The number of carbonyl (C=O) groups is 1. The number of aliphatic hydroxyl groups is 1. The summed E-state index contributed by atoms with van der Waals surface area (Å²) in [6, 6.07) is 21.7. The van der Waals surface area contributed by atoms with Gasteiger partial charge in [0.2, 0.25) is 5.96 Å². The minimum absolute atomic E-state index is 0.125. The van der Waals surface area contributed by atoms with Crippen molar-refractivity contribution in [3.63, 3.8) is 0 Å². The highest BCUT2D eigenvalue weighted by Gasteiger charge is 2.31. The smallest absolute Gasteiger partial charge is 0.320 e. The minimum atomic E-state index is -0.908. The van der Waals surface area contributed by atoms with Gasteiger partial charge >= 0.3 is 6.03 Å². The number of likely N-dealkylation sites (tertiary alicyclic amines) is 1. The molecule has 1 aliphatic heterocycles. The van der Waals surface area contributed by atoms with Gasteiger partial charge in [-0.15, -0.1) is 0 Å². The van der Waals surface area contributed by atoms with Crippen LogP contribution in [0.15, 0.2) is 72.9 Å². The van der Waals surface area contributed by atoms with Gasteiger partial charge in [0.1, 0.15) is 35.5 Å². The number of ether oxygens (including phenoxy) is 2. The molecule has 0 bridgehead atoms. The number of aliphatic hydroxyl groups excluding tert-OH is 1. The molecule has 0 radical (unpaired) electrons. The number of benzene rings is 2. The zero-order valence-corrected chi connectivity index (χ0v) is 28.4. The van der Waals surface area contributed by atoms with E-state index in [0.29, 0.717) is 41.5 Å². The fourth-order valence-corrected chi connectivity index (χ4v) is 6.38. The van der Waals surface area contributed by atoms with Gasteiger partial charge in [-0.3, -0.25) is 20.7 Å². The number of carbonyl (C=O) groups excluding carboxylic acids is 1. The van der Waals surface area contributed by atoms with Crippen LogP contribution in [0.3, 0.4) is 0 Å². The van der Waals surface area contributed by atoms with Gasteiger partial charge in [0.05, 0.1) is 41.7 Å². The van der Waals surface area contributed by atoms with E-state index in [1.54, 1.807) is 65.7 Å². The van der Waals surface area contributed by atoms with Crippen molar-refractivity contribution in [1.29, 1.82) is 16.1 Å². The summed E-state index contributed by atoms with van der Waals surface area (Å²) >= 11 is 0. The molecule has 2 aromatic heterocycles. The molecule has 2 amide bonds. The molecule has 2 aliphatic rings. The number of anilines is 1. The maximum absolute atomic E-state index is 13.6. The molecule has 13 nitrogen and oxygen atoms in total. The quantitative estimate of drug-likeness (QED) is 0.117. The van der Waals surface area contributed by atoms with Gasteiger partial charge in [0, 0.05) is 25.2 Å². The second-order valence-electron chi connectivity index (χ2n) is 13.1. The number of pyridine rings is 1. The van der Waals surface area contributed by atoms with Crippen LogP contribution in [0.1, 0.15) is 74.9 Å². The molecule has 6 rings (SSSR count). The molecule has 3 heterocycles. The van der Waals surface area contributed by atoms with Crippen LogP contribution in [-0.2, 0) is 5.41 Å². The largest absolute Gasteiger partial charge is 0.491 e. The Labute approximate surface area is 291 Å². The van der Waals surface area contributed by atoms with Crippen molar-refractivity contribution in [3.8, 4) is 23.3 Å². The molecule has 4 aromatic rings. The van der Waals surface area contributed by atoms with E-state index in [9.17, 15) is 15.2 Å². The summed E-state index contributed by atoms with van der Waals surface area (Å²) in [7, 11) is 0. The summed E-state index contributed by atoms with van der Waals surface area (Å²) in [6.07, 6.45) is 5.93. The second-order valence-corrected chi connectivity index (χ2v) is 13.1. The standard InChI is InChI=1S/C37H43N9O4/c1-37(2,24-38)32-22-34(46(43-32)25-9-8-10-26(21-25)49-20-19-47)42-36(48)41-30-14-15-31(29-12-5-4-11-28(29)30)50-27-13-16-33(39)45(23-27)35(40)44-17-6-3-7-18-44/h4-5,8-13,16,21-23,30-31,39-40,47H,3,6-7,14-15,17-20H2,1-2H3,(H2,41,42,48)/t30-,31+/m0/s1. The molecule has 0 unspecified atom stereocenters. The molecule has 1 fully saturated rings. The topological polar surface area (TPSA) is 177 Å². The van der Waals surface area contributed by atoms with Crippen molar-refractivity contribution in [2.45, 2.75) is 63.5 Å². The molecule has 2 aromatic carbocycles. The Bertz CT molecular complexity index is 1950. The molecule has 50 heavy (non-hydrogen) atoms. The number of piperidine rings is 1. The first-order valence-electron chi connectivity index (χ1n) is 17.0. The molecular weight excluding hydrogens is 634 g/mol. The monoisotopic (exact) mass is 677 g/mol. The van der Waals surface area contributed by atoms with E-state index in [0.717, 1.165) is 43.5 Å². The van der Waals surface area contributed by atoms with Crippen molar-refractivity contribution in [2.75, 3.05) is 31.6 Å². The Hall–Kier alpha value is -5.61. The van der Waals surface area contributed by atoms with E-state index in [1.807, 2.05) is 35.2 Å². The lowest BCUT2D eigenvalue weighted by Gasteiger charge is -2.33. The number of aromatic nitrogens is 3. The second kappa shape index (κ2) is 14.9. The van der Waals surface area contributed by atoms with Crippen molar-refractivity contribution in [1.82, 2.24) is 24.6 Å². The zero-order valence-electron chi connectivity index (χ0n) is 28.4. The van der Waals surface area contributed by atoms with Crippen LogP contribution >= 0.6 is 0 Å². The van der Waals surface area contributed by atoms with Crippen LogP contribution < -0.4 is 25.6 Å². The molecular formula is C37H43N9O4. The van der Waals surface area contributed by atoms with E-state index in [4.69, 9.17) is 20.3 Å². The minimum Gasteiger partial charge on any atom is -0.491 e. The Morgan fingerprint density at radius 3 is 2.58 bits per heavy atom. The third-order valence-corrected chi connectivity index (χ3v) is 9.12. The highest BCUT2D eigenvalue weighted by Crippen LogP contribution is 2.39. The first-order chi connectivity index (χ1) is 24.2. The zero-order chi connectivity index (χ0) is 35.3. The third kappa shape index (κ3) is 7.50. The number of nitriles is 1. The van der Waals surface area contributed by atoms with Gasteiger partial charge < -0.3 is 24.8 Å². The molecule has 0 saturated carbocycles. The van der Waals surface area contributed by atoms with Crippen LogP contribution in [0.2, 0.25) is 0 Å². The Kier molecular flexibility index (Phi) is 10.2. The van der Waals surface area contributed by atoms with Gasteiger partial charge in [-0.2, -0.15) is 10.4 Å². The lowest BCUT2D eigenvalue weighted by molar-refractivity contribution is 0.171. The molecule has 260 valence electrons. The third-order valence-electron chi connectivity index (χ3n) is 9.12. The SMILES string of the molecule is CC(C)(C#N)c1cc(NC(=O)N[C@H]2CC[C@@H](Oc3ccc(=N)n(C(=N)N4CCCCC4)c3)c3ccccc32)n(-c2cccc(OCCO)c2)n1. The van der Waals surface area contributed by atoms with Crippen LogP contribution in [0.4, 0.5) is 10.6 Å². The van der Waals surface area contributed by atoms with E-state index < -0.39 is 11.4 Å². The van der Waals surface area contributed by atoms with Crippen molar-refractivity contribution in [2.24, 2.45) is 0 Å². The fourth-order valence-electron chi connectivity index (χ4n) is 6.38. The number of amides is 2. The highest BCUT2D eigenvalue weighted by molar-refractivity contribution is 5.89. The normalized spacial score (nSPS) is 17.3. The van der Waals surface area contributed by atoms with E-state index in [1.165, 1.54) is 0 Å². The average molecular weight is 678 g/mol. The molecule has 0 spiro atoms. The molecule has 1 aliphatic carbocycles. The highest BCUT2D eigenvalue weighted by atomic mass is 16.5. The Morgan fingerprint density at radius 1 is 1.04 bits per heavy atom. The molecule has 1 saturated heterocycles. The summed E-state index contributed by atoms with van der Waals surface area (Å²) in [5, 5.41) is 46.9. The lowest BCUT2D eigenvalue weighted by Crippen LogP contribution is -2.42. The van der Waals surface area contributed by atoms with E-state index in [2.05, 4.69) is 21.8 Å². The summed E-state index contributed by atoms with van der Waals surface area (Å²) in [4.78, 5) is 15.6. The first-order valence-corrected chi connectivity index (χ1v) is 17.0. The average Bonchev–Trinajstić information content (AvgIpc) is 3.57. The van der Waals surface area contributed by atoms with E-state index >= 15 is 0 Å². The number of hydrogen-bond acceptors (Lipinski definition) is 8. The number of nitrogens with one attached hydrogen (secondary N) is 4. The summed E-state index contributed by atoms with van der Waals surface area (Å²) in [5.74, 6) is 1.77. The lowest BCUT2D eigenvalue weighted by atomic mass is 9.85. The summed E-state index contributed by atoms with van der Waals surface area (Å²) in [6.45, 7) is 5.16. The van der Waals surface area contributed by atoms with Gasteiger partial charge in [-0.1, -0.05) is 30.3 Å². The summed E-state index contributed by atoms with van der Waals surface area (Å²) in [5.41, 5.74) is 2.32. The number of rotatable bonds is 9. The number of fused-ring (bicyclic) bond motifs is 1. The van der Waals surface area contributed by atoms with Crippen molar-refractivity contribution < 1.29 is 19.4 Å². The van der Waals surface area contributed by atoms with Crippen LogP contribution in [-0.4, -0.2) is 62.6 Å². The maximum Gasteiger partial charge on any atom is 0.320 e. The number of nitrogens with zero attached hydrogens (tertiary/aromatic N) is 5. The van der Waals surface area contributed by atoms with Crippen molar-refractivity contribution in [3.05, 3.63) is 95.2 Å². The maximum atomic E-state index is 13.6. The van der Waals surface area contributed by atoms with Gasteiger partial charge in [0.25, 0.3) is 0 Å². The van der Waals surface area contributed by atoms with E-state index in [-0.39, 0.29) is 36.8 Å². The molecule has 13 heteroatoms. The predicted octanol–water partition coefficient (Wildman–Crippen LogP) is 5.37. The van der Waals surface area contributed by atoms with Crippen LogP contribution in [0.25, 0.3) is 5.69 Å². The Morgan fingerprint density at radius 2 is 1.82 bits per heavy atom. The summed E-state index contributed by atoms with van der Waals surface area (Å²) < 4.78 is 15.2. The fraction of sp³-hybridized carbons (Fsp3) is 0.378. The van der Waals surface area contributed by atoms with Gasteiger partial charge in [-0.05, 0) is 81.3 Å².